The van der Waals surface area contributed by atoms with Gasteiger partial charge >= 0.3 is 6.18 Å². The van der Waals surface area contributed by atoms with E-state index in [1.54, 1.807) is 25.3 Å². The Bertz CT molecular complexity index is 1470. The molecule has 0 spiro atoms. The van der Waals surface area contributed by atoms with Crippen molar-refractivity contribution >= 4 is 23.3 Å². The molecule has 4 aromatic rings. The number of anilines is 2. The van der Waals surface area contributed by atoms with Crippen LogP contribution in [0.2, 0.25) is 0 Å². The number of carbonyl (C=O) groups excluding carboxylic acids is 2. The normalized spacial score (nSPS) is 11.2. The van der Waals surface area contributed by atoms with E-state index in [9.17, 15) is 22.8 Å². The van der Waals surface area contributed by atoms with E-state index in [0.29, 0.717) is 23.6 Å². The van der Waals surface area contributed by atoms with Gasteiger partial charge in [-0.05, 0) is 66.1 Å². The number of nitrogens with one attached hydrogen (secondary N) is 2. The van der Waals surface area contributed by atoms with Crippen LogP contribution in [0.4, 0.5) is 24.7 Å². The predicted octanol–water partition coefficient (Wildman–Crippen LogP) is 6.74. The van der Waals surface area contributed by atoms with Crippen LogP contribution in [0.3, 0.4) is 0 Å². The number of aromatic nitrogens is 2. The van der Waals surface area contributed by atoms with Crippen LogP contribution in [-0.2, 0) is 11.0 Å². The van der Waals surface area contributed by atoms with Crippen molar-refractivity contribution in [2.24, 2.45) is 0 Å². The quantitative estimate of drug-likeness (QED) is 0.305. The third kappa shape index (κ3) is 6.19. The van der Waals surface area contributed by atoms with E-state index in [-0.39, 0.29) is 11.5 Å². The number of hydrogen-bond donors (Lipinski definition) is 2. The van der Waals surface area contributed by atoms with Crippen molar-refractivity contribution in [3.05, 3.63) is 95.9 Å². The molecule has 2 aromatic carbocycles. The first-order valence-electron chi connectivity index (χ1n) is 11.5. The molecular formula is C28H23F3N4O2. The van der Waals surface area contributed by atoms with E-state index in [1.165, 1.54) is 18.3 Å². The number of aryl methyl sites for hydroxylation is 1. The highest BCUT2D eigenvalue weighted by molar-refractivity contribution is 6.04. The molecular weight excluding hydrogens is 481 g/mol. The molecule has 0 atom stereocenters. The maximum Gasteiger partial charge on any atom is 0.416 e. The van der Waals surface area contributed by atoms with E-state index in [4.69, 9.17) is 0 Å². The molecule has 37 heavy (non-hydrogen) atoms. The maximum absolute atomic E-state index is 13.0. The summed E-state index contributed by atoms with van der Waals surface area (Å²) in [5.41, 5.74) is 3.36. The highest BCUT2D eigenvalue weighted by Crippen LogP contribution is 2.31. The van der Waals surface area contributed by atoms with Gasteiger partial charge in [0.15, 0.2) is 0 Å². The minimum absolute atomic E-state index is 0.109. The van der Waals surface area contributed by atoms with E-state index >= 15 is 0 Å². The molecule has 0 radical (unpaired) electrons. The van der Waals surface area contributed by atoms with E-state index in [1.807, 2.05) is 37.3 Å². The maximum atomic E-state index is 13.0. The first kappa shape index (κ1) is 25.6. The average Bonchev–Trinajstić information content (AvgIpc) is 2.89. The van der Waals surface area contributed by atoms with Crippen molar-refractivity contribution in [1.82, 2.24) is 9.97 Å². The molecule has 0 aliphatic rings. The summed E-state index contributed by atoms with van der Waals surface area (Å²) in [5, 5.41) is 5.38. The molecule has 0 fully saturated rings. The van der Waals surface area contributed by atoms with Gasteiger partial charge in [0.05, 0.1) is 17.4 Å². The van der Waals surface area contributed by atoms with Crippen molar-refractivity contribution in [2.75, 3.05) is 10.6 Å². The van der Waals surface area contributed by atoms with E-state index < -0.39 is 17.6 Å². The van der Waals surface area contributed by atoms with Gasteiger partial charge in [0.25, 0.3) is 5.91 Å². The number of hydrogen-bond acceptors (Lipinski definition) is 4. The van der Waals surface area contributed by atoms with E-state index in [0.717, 1.165) is 34.4 Å². The first-order chi connectivity index (χ1) is 17.6. The van der Waals surface area contributed by atoms with Gasteiger partial charge in [-0.15, -0.1) is 0 Å². The number of amides is 2. The Morgan fingerprint density at radius 2 is 1.59 bits per heavy atom. The Labute approximate surface area is 211 Å². The molecule has 0 bridgehead atoms. The van der Waals surface area contributed by atoms with Crippen LogP contribution in [0.15, 0.2) is 79.1 Å². The molecule has 0 saturated carbocycles. The molecule has 9 heteroatoms. The molecule has 188 valence electrons. The summed E-state index contributed by atoms with van der Waals surface area (Å²) in [7, 11) is 0. The van der Waals surface area contributed by atoms with Crippen LogP contribution >= 0.6 is 0 Å². The standard InChI is InChI=1S/C28H23F3N4O2/c1-3-26(36)35-25-14-19(10-11-32-25)18-6-4-7-20(12-18)24-15-23(16-33-17(24)2)34-27(37)21-8-5-9-22(13-21)28(29,30)31/h4-16H,3H2,1-2H3,(H,34,37)(H,32,35,36). The van der Waals surface area contributed by atoms with Gasteiger partial charge in [-0.3, -0.25) is 14.6 Å². The lowest BCUT2D eigenvalue weighted by molar-refractivity contribution is -0.137. The number of pyridine rings is 2. The fourth-order valence-electron chi connectivity index (χ4n) is 3.71. The molecule has 6 nitrogen and oxygen atoms in total. The number of carbonyl (C=O) groups is 2. The van der Waals surface area contributed by atoms with Gasteiger partial charge in [0.2, 0.25) is 5.91 Å². The van der Waals surface area contributed by atoms with E-state index in [2.05, 4.69) is 20.6 Å². The minimum atomic E-state index is -4.54. The van der Waals surface area contributed by atoms with Crippen molar-refractivity contribution in [1.29, 1.82) is 0 Å². The lowest BCUT2D eigenvalue weighted by Crippen LogP contribution is -2.14. The van der Waals surface area contributed by atoms with Gasteiger partial charge in [0.1, 0.15) is 5.82 Å². The molecule has 0 aliphatic heterocycles. The van der Waals surface area contributed by atoms with Crippen LogP contribution < -0.4 is 10.6 Å². The second-order valence-electron chi connectivity index (χ2n) is 8.30. The van der Waals surface area contributed by atoms with Gasteiger partial charge in [-0.25, -0.2) is 4.98 Å². The van der Waals surface area contributed by atoms with Crippen LogP contribution in [0.1, 0.15) is 35.0 Å². The zero-order valence-electron chi connectivity index (χ0n) is 20.1. The largest absolute Gasteiger partial charge is 0.416 e. The first-order valence-corrected chi connectivity index (χ1v) is 11.5. The van der Waals surface area contributed by atoms with Gasteiger partial charge in [0, 0.05) is 29.4 Å². The number of benzene rings is 2. The fraction of sp³-hybridized carbons (Fsp3) is 0.143. The van der Waals surface area contributed by atoms with Crippen LogP contribution in [0.5, 0.6) is 0 Å². The molecule has 2 heterocycles. The van der Waals surface area contributed by atoms with Crippen molar-refractivity contribution in [2.45, 2.75) is 26.4 Å². The summed E-state index contributed by atoms with van der Waals surface area (Å²) < 4.78 is 39.1. The number of nitrogens with zero attached hydrogens (tertiary/aromatic N) is 2. The van der Waals surface area contributed by atoms with Crippen molar-refractivity contribution < 1.29 is 22.8 Å². The third-order valence-electron chi connectivity index (χ3n) is 5.65. The topological polar surface area (TPSA) is 84.0 Å². The molecule has 2 N–H and O–H groups in total. The molecule has 4 rings (SSSR count). The summed E-state index contributed by atoms with van der Waals surface area (Å²) in [6.07, 6.45) is -1.13. The summed E-state index contributed by atoms with van der Waals surface area (Å²) in [6, 6.07) is 17.2. The van der Waals surface area contributed by atoms with Gasteiger partial charge in [-0.1, -0.05) is 31.2 Å². The van der Waals surface area contributed by atoms with Gasteiger partial charge in [-0.2, -0.15) is 13.2 Å². The van der Waals surface area contributed by atoms with Crippen LogP contribution in [0.25, 0.3) is 22.3 Å². The highest BCUT2D eigenvalue weighted by Gasteiger charge is 2.30. The Balaban J connectivity index is 1.60. The lowest BCUT2D eigenvalue weighted by atomic mass is 9.98. The summed E-state index contributed by atoms with van der Waals surface area (Å²) in [5.74, 6) is -0.356. The summed E-state index contributed by atoms with van der Waals surface area (Å²) in [4.78, 5) is 32.9. The Morgan fingerprint density at radius 3 is 2.35 bits per heavy atom. The highest BCUT2D eigenvalue weighted by atomic mass is 19.4. The zero-order chi connectivity index (χ0) is 26.6. The van der Waals surface area contributed by atoms with Crippen LogP contribution in [0, 0.1) is 6.92 Å². The Hall–Kier alpha value is -4.53. The van der Waals surface area contributed by atoms with Crippen LogP contribution in [-0.4, -0.2) is 21.8 Å². The number of halogens is 3. The molecule has 2 amide bonds. The van der Waals surface area contributed by atoms with Gasteiger partial charge < -0.3 is 10.6 Å². The molecule has 0 saturated heterocycles. The Morgan fingerprint density at radius 1 is 0.865 bits per heavy atom. The minimum Gasteiger partial charge on any atom is -0.321 e. The monoisotopic (exact) mass is 504 g/mol. The molecule has 2 aromatic heterocycles. The fourth-order valence-corrected chi connectivity index (χ4v) is 3.71. The molecule has 0 aliphatic carbocycles. The smallest absolute Gasteiger partial charge is 0.321 e. The SMILES string of the molecule is CCC(=O)Nc1cc(-c2cccc(-c3cc(NC(=O)c4cccc(C(F)(F)F)c4)cnc3C)c2)ccn1. The molecule has 0 unspecified atom stereocenters. The zero-order valence-corrected chi connectivity index (χ0v) is 20.1. The predicted molar refractivity (Wildman–Crippen MR) is 136 cm³/mol. The number of alkyl halides is 3. The lowest BCUT2D eigenvalue weighted by Gasteiger charge is -2.12. The Kier molecular flexibility index (Phi) is 7.33. The second kappa shape index (κ2) is 10.6. The summed E-state index contributed by atoms with van der Waals surface area (Å²) >= 11 is 0. The third-order valence-corrected chi connectivity index (χ3v) is 5.65. The summed E-state index contributed by atoms with van der Waals surface area (Å²) in [6.45, 7) is 3.58. The second-order valence-corrected chi connectivity index (χ2v) is 8.30. The van der Waals surface area contributed by atoms with Crippen molar-refractivity contribution in [3.8, 4) is 22.3 Å². The average molecular weight is 505 g/mol. The van der Waals surface area contributed by atoms with Crippen molar-refractivity contribution in [3.63, 3.8) is 0 Å². The number of rotatable bonds is 6.